The molecular formula is C19H16N2O4S. The Bertz CT molecular complexity index is 911. The second-order valence-corrected chi connectivity index (χ2v) is 6.35. The first kappa shape index (κ1) is 17.8. The number of thioether (sulfide) groups is 1. The Labute approximate surface area is 154 Å². The fourth-order valence-electron chi connectivity index (χ4n) is 2.61. The maximum absolute atomic E-state index is 12.9. The fraction of sp³-hybridized carbons (Fsp3) is 0.105. The number of furan rings is 1. The molecule has 7 heteroatoms. The van der Waals surface area contributed by atoms with Crippen LogP contribution in [-0.4, -0.2) is 17.1 Å². The summed E-state index contributed by atoms with van der Waals surface area (Å²) in [6.45, 7) is 0. The first-order valence-electron chi connectivity index (χ1n) is 7.82. The molecule has 0 aliphatic heterocycles. The summed E-state index contributed by atoms with van der Waals surface area (Å²) in [6, 6.07) is 16.8. The van der Waals surface area contributed by atoms with Crippen LogP contribution in [0, 0.1) is 10.1 Å². The zero-order valence-corrected chi connectivity index (χ0v) is 14.7. The van der Waals surface area contributed by atoms with E-state index in [2.05, 4.69) is 5.32 Å². The molecule has 0 radical (unpaired) electrons. The average Bonchev–Trinajstić information content (AvgIpc) is 3.20. The van der Waals surface area contributed by atoms with Crippen molar-refractivity contribution >= 4 is 23.4 Å². The van der Waals surface area contributed by atoms with Crippen molar-refractivity contribution < 1.29 is 14.1 Å². The lowest BCUT2D eigenvalue weighted by molar-refractivity contribution is -0.385. The molecule has 1 amide bonds. The van der Waals surface area contributed by atoms with Gasteiger partial charge in [0, 0.05) is 11.0 Å². The van der Waals surface area contributed by atoms with Crippen LogP contribution in [0.15, 0.2) is 76.2 Å². The number of nitro groups is 1. The van der Waals surface area contributed by atoms with Crippen molar-refractivity contribution in [1.29, 1.82) is 0 Å². The number of hydrogen-bond donors (Lipinski definition) is 1. The van der Waals surface area contributed by atoms with Crippen LogP contribution in [0.2, 0.25) is 0 Å². The van der Waals surface area contributed by atoms with Crippen LogP contribution < -0.4 is 5.32 Å². The molecule has 0 spiro atoms. The van der Waals surface area contributed by atoms with Gasteiger partial charge in [-0.05, 0) is 36.1 Å². The third-order valence-corrected chi connectivity index (χ3v) is 4.61. The summed E-state index contributed by atoms with van der Waals surface area (Å²) in [7, 11) is 0. The maximum Gasteiger partial charge on any atom is 0.282 e. The Morgan fingerprint density at radius 3 is 2.54 bits per heavy atom. The molecule has 0 saturated heterocycles. The smallest absolute Gasteiger partial charge is 0.282 e. The van der Waals surface area contributed by atoms with Crippen LogP contribution in [-0.2, 0) is 0 Å². The Balaban J connectivity index is 1.98. The number of rotatable bonds is 6. The topological polar surface area (TPSA) is 85.4 Å². The minimum absolute atomic E-state index is 0.0225. The summed E-state index contributed by atoms with van der Waals surface area (Å²) in [5.74, 6) is 0.0195. The van der Waals surface area contributed by atoms with Crippen molar-refractivity contribution in [2.45, 2.75) is 10.9 Å². The van der Waals surface area contributed by atoms with Crippen LogP contribution in [0.1, 0.15) is 27.7 Å². The van der Waals surface area contributed by atoms with Crippen molar-refractivity contribution in [2.75, 3.05) is 6.26 Å². The highest BCUT2D eigenvalue weighted by Gasteiger charge is 2.25. The zero-order valence-electron chi connectivity index (χ0n) is 13.9. The van der Waals surface area contributed by atoms with Crippen LogP contribution in [0.4, 0.5) is 5.69 Å². The molecule has 1 atom stereocenters. The predicted octanol–water partition coefficient (Wildman–Crippen LogP) is 4.43. The van der Waals surface area contributed by atoms with Gasteiger partial charge in [0.1, 0.15) is 17.4 Å². The van der Waals surface area contributed by atoms with Crippen LogP contribution >= 0.6 is 11.8 Å². The molecule has 26 heavy (non-hydrogen) atoms. The van der Waals surface area contributed by atoms with Gasteiger partial charge in [0.15, 0.2) is 0 Å². The molecule has 3 rings (SSSR count). The van der Waals surface area contributed by atoms with E-state index in [0.29, 0.717) is 5.76 Å². The van der Waals surface area contributed by atoms with E-state index in [1.807, 2.05) is 36.6 Å². The van der Waals surface area contributed by atoms with E-state index in [4.69, 9.17) is 4.42 Å². The number of benzene rings is 2. The van der Waals surface area contributed by atoms with Gasteiger partial charge in [-0.15, -0.1) is 11.8 Å². The van der Waals surface area contributed by atoms with Gasteiger partial charge in [-0.3, -0.25) is 14.9 Å². The normalized spacial score (nSPS) is 11.7. The lowest BCUT2D eigenvalue weighted by Crippen LogP contribution is -2.29. The summed E-state index contributed by atoms with van der Waals surface area (Å²) >= 11 is 1.41. The number of carbonyl (C=O) groups excluding carboxylic acids is 1. The Hall–Kier alpha value is -3.06. The van der Waals surface area contributed by atoms with E-state index in [0.717, 1.165) is 10.5 Å². The first-order chi connectivity index (χ1) is 12.6. The van der Waals surface area contributed by atoms with Crippen molar-refractivity contribution in [2.24, 2.45) is 0 Å². The molecule has 0 saturated carbocycles. The predicted molar refractivity (Wildman–Crippen MR) is 99.3 cm³/mol. The second-order valence-electron chi connectivity index (χ2n) is 5.47. The van der Waals surface area contributed by atoms with Crippen LogP contribution in [0.5, 0.6) is 0 Å². The highest BCUT2D eigenvalue weighted by atomic mass is 32.2. The third kappa shape index (κ3) is 3.78. The van der Waals surface area contributed by atoms with Crippen molar-refractivity contribution in [1.82, 2.24) is 5.32 Å². The Kier molecular flexibility index (Phi) is 5.38. The highest BCUT2D eigenvalue weighted by Crippen LogP contribution is 2.27. The van der Waals surface area contributed by atoms with Gasteiger partial charge >= 0.3 is 0 Å². The van der Waals surface area contributed by atoms with E-state index in [1.54, 1.807) is 18.2 Å². The number of nitrogens with one attached hydrogen (secondary N) is 1. The summed E-state index contributed by atoms with van der Waals surface area (Å²) in [6.07, 6.45) is 3.37. The summed E-state index contributed by atoms with van der Waals surface area (Å²) in [5.41, 5.74) is 0.611. The molecule has 3 aromatic rings. The van der Waals surface area contributed by atoms with Gasteiger partial charge < -0.3 is 9.73 Å². The molecule has 2 aromatic carbocycles. The van der Waals surface area contributed by atoms with Crippen molar-refractivity contribution in [3.63, 3.8) is 0 Å². The molecule has 0 aliphatic carbocycles. The van der Waals surface area contributed by atoms with E-state index in [9.17, 15) is 14.9 Å². The lowest BCUT2D eigenvalue weighted by Gasteiger charge is -2.17. The molecule has 1 N–H and O–H groups in total. The van der Waals surface area contributed by atoms with Gasteiger partial charge in [0.2, 0.25) is 0 Å². The molecule has 0 bridgehead atoms. The van der Waals surface area contributed by atoms with Crippen molar-refractivity contribution in [3.8, 4) is 0 Å². The van der Waals surface area contributed by atoms with E-state index >= 15 is 0 Å². The number of nitrogens with zero attached hydrogens (tertiary/aromatic N) is 1. The van der Waals surface area contributed by atoms with Gasteiger partial charge in [-0.1, -0.05) is 30.3 Å². The molecule has 1 heterocycles. The van der Waals surface area contributed by atoms with Gasteiger partial charge in [-0.2, -0.15) is 0 Å². The first-order valence-corrected chi connectivity index (χ1v) is 9.04. The molecule has 0 fully saturated rings. The molecular weight excluding hydrogens is 352 g/mol. The molecule has 6 nitrogen and oxygen atoms in total. The van der Waals surface area contributed by atoms with Crippen LogP contribution in [0.25, 0.3) is 0 Å². The number of carbonyl (C=O) groups is 1. The van der Waals surface area contributed by atoms with E-state index in [1.165, 1.54) is 30.2 Å². The monoisotopic (exact) mass is 368 g/mol. The molecule has 132 valence electrons. The molecule has 0 aliphatic rings. The fourth-order valence-corrected chi connectivity index (χ4v) is 3.05. The largest absolute Gasteiger partial charge is 0.467 e. The molecule has 1 unspecified atom stereocenters. The van der Waals surface area contributed by atoms with Gasteiger partial charge in [-0.25, -0.2) is 0 Å². The number of hydrogen-bond acceptors (Lipinski definition) is 5. The highest BCUT2D eigenvalue weighted by molar-refractivity contribution is 7.98. The minimum Gasteiger partial charge on any atom is -0.467 e. The summed E-state index contributed by atoms with van der Waals surface area (Å²) in [5, 5.41) is 14.2. The minimum atomic E-state index is -0.552. The van der Waals surface area contributed by atoms with Crippen LogP contribution in [0.3, 0.4) is 0 Å². The third-order valence-electron chi connectivity index (χ3n) is 3.88. The Morgan fingerprint density at radius 2 is 1.92 bits per heavy atom. The zero-order chi connectivity index (χ0) is 18.5. The quantitative estimate of drug-likeness (QED) is 0.395. The Morgan fingerprint density at radius 1 is 1.15 bits per heavy atom. The van der Waals surface area contributed by atoms with Crippen molar-refractivity contribution in [3.05, 3.63) is 93.9 Å². The van der Waals surface area contributed by atoms with E-state index in [-0.39, 0.29) is 11.3 Å². The van der Waals surface area contributed by atoms with E-state index < -0.39 is 16.9 Å². The number of amides is 1. The maximum atomic E-state index is 12.9. The summed E-state index contributed by atoms with van der Waals surface area (Å²) in [4.78, 5) is 24.4. The standard InChI is InChI=1S/C19H16N2O4S/c1-26-14-9-10-16(21(23)24)15(12-14)19(22)20-18(17-8-5-11-25-17)13-6-3-2-4-7-13/h2-12,18H,1H3,(H,20,22). The summed E-state index contributed by atoms with van der Waals surface area (Å²) < 4.78 is 5.46. The van der Waals surface area contributed by atoms with Gasteiger partial charge in [0.05, 0.1) is 11.2 Å². The lowest BCUT2D eigenvalue weighted by atomic mass is 10.0. The van der Waals surface area contributed by atoms with Gasteiger partial charge in [0.25, 0.3) is 11.6 Å². The average molecular weight is 368 g/mol. The number of nitro benzene ring substituents is 1. The second kappa shape index (κ2) is 7.88. The molecule has 1 aromatic heterocycles. The SMILES string of the molecule is CSc1ccc([N+](=O)[O-])c(C(=O)NC(c2ccccc2)c2ccco2)c1.